The molecule has 0 aromatic heterocycles. The van der Waals surface area contributed by atoms with E-state index in [4.69, 9.17) is 20.4 Å². The Morgan fingerprint density at radius 1 is 1.37 bits per heavy atom. The summed E-state index contributed by atoms with van der Waals surface area (Å²) >= 11 is 0. The van der Waals surface area contributed by atoms with E-state index in [-0.39, 0.29) is 18.2 Å². The standard InChI is InChI=1S/C7H13N3O2.C2HF3O2/c8-7(11)10-3-5-6(4-10)12-2-1-9-5;3-2(4,5)1(6)7/h5-6,9H,1-4H2,(H2,8,11);(H,6,7). The first kappa shape index (κ1) is 15.5. The van der Waals surface area contributed by atoms with Crippen LogP contribution >= 0.6 is 0 Å². The zero-order chi connectivity index (χ0) is 14.6. The van der Waals surface area contributed by atoms with E-state index < -0.39 is 12.1 Å². The molecule has 2 heterocycles. The largest absolute Gasteiger partial charge is 0.490 e. The third-order valence-corrected chi connectivity index (χ3v) is 2.66. The van der Waals surface area contributed by atoms with Gasteiger partial charge in [0, 0.05) is 13.1 Å². The van der Waals surface area contributed by atoms with Crippen molar-refractivity contribution in [2.75, 3.05) is 26.2 Å². The first-order valence-electron chi connectivity index (χ1n) is 5.41. The number of rotatable bonds is 0. The van der Waals surface area contributed by atoms with Gasteiger partial charge in [0.05, 0.1) is 25.3 Å². The van der Waals surface area contributed by atoms with Crippen molar-refractivity contribution < 1.29 is 32.6 Å². The minimum atomic E-state index is -5.08. The quantitative estimate of drug-likeness (QED) is 0.549. The number of likely N-dealkylation sites (tertiary alicyclic amines) is 1. The molecule has 19 heavy (non-hydrogen) atoms. The van der Waals surface area contributed by atoms with Gasteiger partial charge in [-0.2, -0.15) is 13.2 Å². The Balaban J connectivity index is 0.000000224. The fourth-order valence-electron chi connectivity index (χ4n) is 1.77. The second kappa shape index (κ2) is 6.06. The highest BCUT2D eigenvalue weighted by molar-refractivity contribution is 5.73. The molecule has 0 radical (unpaired) electrons. The van der Waals surface area contributed by atoms with Crippen molar-refractivity contribution in [1.29, 1.82) is 0 Å². The first-order valence-corrected chi connectivity index (χ1v) is 5.41. The number of nitrogens with zero attached hydrogens (tertiary/aromatic N) is 1. The first-order chi connectivity index (χ1) is 8.71. The zero-order valence-corrected chi connectivity index (χ0v) is 9.81. The molecule has 0 aromatic rings. The number of aliphatic carboxylic acids is 1. The van der Waals surface area contributed by atoms with Crippen LogP contribution in [0.5, 0.6) is 0 Å². The molecule has 0 aromatic carbocycles. The molecule has 2 aliphatic heterocycles. The van der Waals surface area contributed by atoms with Gasteiger partial charge in [-0.25, -0.2) is 9.59 Å². The molecule has 0 bridgehead atoms. The molecular formula is C9H14F3N3O4. The average molecular weight is 285 g/mol. The average Bonchev–Trinajstić information content (AvgIpc) is 2.72. The highest BCUT2D eigenvalue weighted by Crippen LogP contribution is 2.15. The summed E-state index contributed by atoms with van der Waals surface area (Å²) in [5.41, 5.74) is 5.16. The number of carboxylic acids is 1. The van der Waals surface area contributed by atoms with Crippen LogP contribution in [-0.2, 0) is 9.53 Å². The monoisotopic (exact) mass is 285 g/mol. The fraction of sp³-hybridized carbons (Fsp3) is 0.778. The maximum atomic E-state index is 10.8. The van der Waals surface area contributed by atoms with Crippen LogP contribution in [0.1, 0.15) is 0 Å². The van der Waals surface area contributed by atoms with Gasteiger partial charge in [-0.1, -0.05) is 0 Å². The van der Waals surface area contributed by atoms with Gasteiger partial charge >= 0.3 is 18.2 Å². The SMILES string of the molecule is NC(=O)N1CC2NCCOC2C1.O=C(O)C(F)(F)F. The number of amides is 2. The van der Waals surface area contributed by atoms with Gasteiger partial charge in [0.1, 0.15) is 0 Å². The number of nitrogens with one attached hydrogen (secondary N) is 1. The van der Waals surface area contributed by atoms with Crippen molar-refractivity contribution in [1.82, 2.24) is 10.2 Å². The van der Waals surface area contributed by atoms with E-state index in [2.05, 4.69) is 5.32 Å². The van der Waals surface area contributed by atoms with Crippen LogP contribution in [0.15, 0.2) is 0 Å². The second-order valence-electron chi connectivity index (χ2n) is 4.02. The molecule has 10 heteroatoms. The van der Waals surface area contributed by atoms with Gasteiger partial charge in [0.2, 0.25) is 0 Å². The molecule has 110 valence electrons. The predicted molar refractivity (Wildman–Crippen MR) is 56.4 cm³/mol. The summed E-state index contributed by atoms with van der Waals surface area (Å²) in [6.07, 6.45) is -4.94. The number of primary amides is 1. The van der Waals surface area contributed by atoms with E-state index in [9.17, 15) is 18.0 Å². The minimum Gasteiger partial charge on any atom is -0.475 e. The van der Waals surface area contributed by atoms with Crippen LogP contribution in [0.25, 0.3) is 0 Å². The molecule has 2 aliphatic rings. The number of ether oxygens (including phenoxy) is 1. The Labute approximate surface area is 106 Å². The van der Waals surface area contributed by atoms with Gasteiger partial charge in [0.25, 0.3) is 0 Å². The van der Waals surface area contributed by atoms with Crippen molar-refractivity contribution >= 4 is 12.0 Å². The van der Waals surface area contributed by atoms with Gasteiger partial charge in [0.15, 0.2) is 0 Å². The number of hydrogen-bond donors (Lipinski definition) is 3. The lowest BCUT2D eigenvalue weighted by atomic mass is 10.2. The maximum absolute atomic E-state index is 10.8. The number of alkyl halides is 3. The van der Waals surface area contributed by atoms with E-state index in [1.807, 2.05) is 0 Å². The molecule has 0 aliphatic carbocycles. The molecule has 0 saturated carbocycles. The van der Waals surface area contributed by atoms with Gasteiger partial charge in [-0.05, 0) is 0 Å². The van der Waals surface area contributed by atoms with E-state index >= 15 is 0 Å². The molecule has 2 amide bonds. The summed E-state index contributed by atoms with van der Waals surface area (Å²) in [7, 11) is 0. The summed E-state index contributed by atoms with van der Waals surface area (Å²) in [6.45, 7) is 2.91. The lowest BCUT2D eigenvalue weighted by Crippen LogP contribution is -2.47. The van der Waals surface area contributed by atoms with Crippen molar-refractivity contribution in [3.8, 4) is 0 Å². The Hall–Kier alpha value is -1.55. The molecule has 2 saturated heterocycles. The number of halogens is 3. The van der Waals surface area contributed by atoms with Crippen LogP contribution in [0.2, 0.25) is 0 Å². The molecule has 2 atom stereocenters. The molecule has 4 N–H and O–H groups in total. The summed E-state index contributed by atoms with van der Waals surface area (Å²) in [4.78, 5) is 21.3. The van der Waals surface area contributed by atoms with Crippen molar-refractivity contribution in [3.05, 3.63) is 0 Å². The third kappa shape index (κ3) is 4.56. The highest BCUT2D eigenvalue weighted by atomic mass is 19.4. The van der Waals surface area contributed by atoms with Crippen LogP contribution in [-0.4, -0.2) is 66.6 Å². The Kier molecular flexibility index (Phi) is 4.95. The number of carboxylic acid groups (broad SMARTS) is 1. The summed E-state index contributed by atoms with van der Waals surface area (Å²) in [5, 5.41) is 10.4. The van der Waals surface area contributed by atoms with E-state index in [0.717, 1.165) is 13.2 Å². The number of carbonyl (C=O) groups excluding carboxylic acids is 1. The lowest BCUT2D eigenvalue weighted by Gasteiger charge is -2.25. The summed E-state index contributed by atoms with van der Waals surface area (Å²) < 4.78 is 37.2. The van der Waals surface area contributed by atoms with Gasteiger partial charge in [-0.3, -0.25) is 0 Å². The van der Waals surface area contributed by atoms with E-state index in [1.165, 1.54) is 0 Å². The number of fused-ring (bicyclic) bond motifs is 1. The zero-order valence-electron chi connectivity index (χ0n) is 9.81. The highest BCUT2D eigenvalue weighted by Gasteiger charge is 2.38. The predicted octanol–water partition coefficient (Wildman–Crippen LogP) is -0.629. The molecular weight excluding hydrogens is 271 g/mol. The normalized spacial score (nSPS) is 26.2. The number of morpholine rings is 1. The molecule has 0 spiro atoms. The van der Waals surface area contributed by atoms with Crippen LogP contribution in [0.3, 0.4) is 0 Å². The van der Waals surface area contributed by atoms with Crippen LogP contribution in [0, 0.1) is 0 Å². The Morgan fingerprint density at radius 3 is 2.37 bits per heavy atom. The summed E-state index contributed by atoms with van der Waals surface area (Å²) in [6, 6.07) is -0.0685. The number of urea groups is 1. The second-order valence-corrected chi connectivity index (χ2v) is 4.02. The Morgan fingerprint density at radius 2 is 1.95 bits per heavy atom. The topological polar surface area (TPSA) is 105 Å². The van der Waals surface area contributed by atoms with Crippen LogP contribution < -0.4 is 11.1 Å². The molecule has 7 nitrogen and oxygen atoms in total. The molecule has 2 unspecified atom stereocenters. The van der Waals surface area contributed by atoms with Crippen molar-refractivity contribution in [2.45, 2.75) is 18.3 Å². The third-order valence-electron chi connectivity index (χ3n) is 2.66. The smallest absolute Gasteiger partial charge is 0.475 e. The molecule has 2 fully saturated rings. The minimum absolute atomic E-state index is 0.145. The van der Waals surface area contributed by atoms with Crippen molar-refractivity contribution in [3.63, 3.8) is 0 Å². The number of carbonyl (C=O) groups is 2. The molecule has 2 rings (SSSR count). The number of hydrogen-bond acceptors (Lipinski definition) is 4. The Bertz CT molecular complexity index is 336. The van der Waals surface area contributed by atoms with Crippen LogP contribution in [0.4, 0.5) is 18.0 Å². The summed E-state index contributed by atoms with van der Waals surface area (Å²) in [5.74, 6) is -2.76. The number of nitrogens with two attached hydrogens (primary N) is 1. The fourth-order valence-corrected chi connectivity index (χ4v) is 1.77. The van der Waals surface area contributed by atoms with Crippen molar-refractivity contribution in [2.24, 2.45) is 5.73 Å². The van der Waals surface area contributed by atoms with E-state index in [1.54, 1.807) is 4.90 Å². The van der Waals surface area contributed by atoms with E-state index in [0.29, 0.717) is 13.1 Å². The van der Waals surface area contributed by atoms with Gasteiger partial charge < -0.3 is 25.8 Å². The lowest BCUT2D eigenvalue weighted by molar-refractivity contribution is -0.192. The van der Waals surface area contributed by atoms with Gasteiger partial charge in [-0.15, -0.1) is 0 Å². The maximum Gasteiger partial charge on any atom is 0.490 e.